The average molecular weight is 296 g/mol. The fourth-order valence-electron chi connectivity index (χ4n) is 2.56. The Hall–Kier alpha value is -1.06. The normalized spacial score (nSPS) is 16.0. The van der Waals surface area contributed by atoms with Crippen molar-refractivity contribution in [3.05, 3.63) is 29.0 Å². The van der Waals surface area contributed by atoms with Crippen LogP contribution in [0.3, 0.4) is 0 Å². The molecule has 19 heavy (non-hydrogen) atoms. The second-order valence-corrected chi connectivity index (χ2v) is 5.45. The monoisotopic (exact) mass is 295 g/mol. The molecular weight excluding hydrogens is 281 g/mol. The summed E-state index contributed by atoms with van der Waals surface area (Å²) >= 11 is 11.9. The van der Waals surface area contributed by atoms with Gasteiger partial charge in [0.2, 0.25) is 5.28 Å². The van der Waals surface area contributed by atoms with Crippen molar-refractivity contribution in [2.45, 2.75) is 25.1 Å². The van der Waals surface area contributed by atoms with Crippen LogP contribution in [0.2, 0.25) is 5.28 Å². The van der Waals surface area contributed by atoms with E-state index < -0.39 is 0 Å². The van der Waals surface area contributed by atoms with E-state index in [1.807, 2.05) is 18.2 Å². The average Bonchev–Trinajstić information content (AvgIpc) is 2.46. The van der Waals surface area contributed by atoms with E-state index in [2.05, 4.69) is 14.9 Å². The number of benzene rings is 1. The minimum Gasteiger partial charge on any atom is -0.356 e. The third-order valence-electron chi connectivity index (χ3n) is 3.52. The van der Waals surface area contributed by atoms with E-state index in [0.29, 0.717) is 11.2 Å². The van der Waals surface area contributed by atoms with Crippen LogP contribution in [-0.2, 0) is 5.88 Å². The van der Waals surface area contributed by atoms with Gasteiger partial charge in [-0.25, -0.2) is 4.98 Å². The van der Waals surface area contributed by atoms with Crippen molar-refractivity contribution >= 4 is 39.9 Å². The fraction of sp³-hybridized carbons (Fsp3) is 0.429. The van der Waals surface area contributed by atoms with Gasteiger partial charge in [0.15, 0.2) is 0 Å². The minimum absolute atomic E-state index is 0.305. The Labute approximate surface area is 122 Å². The molecule has 1 aromatic heterocycles. The summed E-state index contributed by atoms with van der Waals surface area (Å²) in [6, 6.07) is 6.07. The number of hydrogen-bond donors (Lipinski definition) is 0. The number of halogens is 2. The molecule has 2 heterocycles. The van der Waals surface area contributed by atoms with Crippen LogP contribution >= 0.6 is 23.2 Å². The Morgan fingerprint density at radius 1 is 1.11 bits per heavy atom. The van der Waals surface area contributed by atoms with Gasteiger partial charge in [0, 0.05) is 24.4 Å². The summed E-state index contributed by atoms with van der Waals surface area (Å²) < 4.78 is 0. The molecule has 0 spiro atoms. The van der Waals surface area contributed by atoms with Gasteiger partial charge in [0.05, 0.1) is 5.52 Å². The highest BCUT2D eigenvalue weighted by Crippen LogP contribution is 2.28. The zero-order chi connectivity index (χ0) is 13.2. The first-order valence-corrected chi connectivity index (χ1v) is 7.46. The molecule has 0 amide bonds. The number of hydrogen-bond acceptors (Lipinski definition) is 3. The van der Waals surface area contributed by atoms with Gasteiger partial charge < -0.3 is 4.90 Å². The number of anilines is 1. The molecule has 1 fully saturated rings. The van der Waals surface area contributed by atoms with Crippen molar-refractivity contribution in [2.75, 3.05) is 18.0 Å². The van der Waals surface area contributed by atoms with Gasteiger partial charge in [-0.1, -0.05) is 6.07 Å². The van der Waals surface area contributed by atoms with Crippen LogP contribution in [0.25, 0.3) is 10.9 Å². The van der Waals surface area contributed by atoms with Crippen LogP contribution < -0.4 is 4.90 Å². The van der Waals surface area contributed by atoms with Crippen molar-refractivity contribution in [1.29, 1.82) is 0 Å². The first-order chi connectivity index (χ1) is 9.28. The molecule has 3 rings (SSSR count). The molecule has 2 aromatic rings. The summed E-state index contributed by atoms with van der Waals surface area (Å²) in [7, 11) is 0. The quantitative estimate of drug-likeness (QED) is 0.619. The Kier molecular flexibility index (Phi) is 3.76. The zero-order valence-corrected chi connectivity index (χ0v) is 12.1. The van der Waals surface area contributed by atoms with E-state index in [1.54, 1.807) is 0 Å². The smallest absolute Gasteiger partial charge is 0.224 e. The van der Waals surface area contributed by atoms with Gasteiger partial charge in [-0.15, -0.1) is 11.6 Å². The van der Waals surface area contributed by atoms with E-state index >= 15 is 0 Å². The van der Waals surface area contributed by atoms with Crippen molar-refractivity contribution < 1.29 is 0 Å². The summed E-state index contributed by atoms with van der Waals surface area (Å²) in [6.45, 7) is 2.08. The van der Waals surface area contributed by atoms with Crippen LogP contribution in [0.5, 0.6) is 0 Å². The van der Waals surface area contributed by atoms with Gasteiger partial charge in [-0.05, 0) is 48.6 Å². The largest absolute Gasteiger partial charge is 0.356 e. The van der Waals surface area contributed by atoms with Gasteiger partial charge in [-0.3, -0.25) is 0 Å². The lowest BCUT2D eigenvalue weighted by Crippen LogP contribution is -2.30. The van der Waals surface area contributed by atoms with Gasteiger partial charge in [0.1, 0.15) is 5.82 Å². The lowest BCUT2D eigenvalue weighted by molar-refractivity contribution is 0.574. The van der Waals surface area contributed by atoms with E-state index in [-0.39, 0.29) is 0 Å². The molecule has 1 aromatic carbocycles. The Morgan fingerprint density at radius 3 is 2.63 bits per heavy atom. The van der Waals surface area contributed by atoms with Crippen LogP contribution in [-0.4, -0.2) is 23.1 Å². The molecule has 3 nitrogen and oxygen atoms in total. The third kappa shape index (κ3) is 2.63. The zero-order valence-electron chi connectivity index (χ0n) is 10.6. The summed E-state index contributed by atoms with van der Waals surface area (Å²) in [5, 5.41) is 1.36. The maximum absolute atomic E-state index is 6.06. The van der Waals surface area contributed by atoms with Crippen LogP contribution in [0.15, 0.2) is 18.2 Å². The molecule has 0 aliphatic carbocycles. The van der Waals surface area contributed by atoms with E-state index in [1.165, 1.54) is 19.3 Å². The maximum Gasteiger partial charge on any atom is 0.224 e. The number of piperidine rings is 1. The van der Waals surface area contributed by atoms with E-state index in [0.717, 1.165) is 35.4 Å². The molecule has 0 atom stereocenters. The highest BCUT2D eigenvalue weighted by atomic mass is 35.5. The number of fused-ring (bicyclic) bond motifs is 1. The summed E-state index contributed by atoms with van der Waals surface area (Å²) in [5.74, 6) is 1.44. The highest BCUT2D eigenvalue weighted by molar-refractivity contribution is 6.28. The molecule has 0 bridgehead atoms. The lowest BCUT2D eigenvalue weighted by Gasteiger charge is -2.28. The van der Waals surface area contributed by atoms with Crippen molar-refractivity contribution in [2.24, 2.45) is 0 Å². The van der Waals surface area contributed by atoms with Crippen molar-refractivity contribution in [3.8, 4) is 0 Å². The van der Waals surface area contributed by atoms with Crippen LogP contribution in [0, 0.1) is 0 Å². The van der Waals surface area contributed by atoms with Gasteiger partial charge in [0.25, 0.3) is 0 Å². The maximum atomic E-state index is 6.06. The van der Waals surface area contributed by atoms with Crippen molar-refractivity contribution in [3.63, 3.8) is 0 Å². The molecule has 100 valence electrons. The summed E-state index contributed by atoms with van der Waals surface area (Å²) in [5.41, 5.74) is 1.92. The molecule has 1 saturated heterocycles. The second-order valence-electron chi connectivity index (χ2n) is 4.85. The van der Waals surface area contributed by atoms with Crippen molar-refractivity contribution in [1.82, 2.24) is 9.97 Å². The summed E-state index contributed by atoms with van der Waals surface area (Å²) in [6.07, 6.45) is 3.72. The lowest BCUT2D eigenvalue weighted by atomic mass is 10.1. The standard InChI is InChI=1S/C14H15Cl2N3/c15-9-10-4-5-11-12(8-10)17-14(16)18-13(11)19-6-2-1-3-7-19/h4-5,8H,1-3,6-7,9H2. The van der Waals surface area contributed by atoms with E-state index in [9.17, 15) is 0 Å². The highest BCUT2D eigenvalue weighted by Gasteiger charge is 2.16. The Bertz CT molecular complexity index is 595. The summed E-state index contributed by atoms with van der Waals surface area (Å²) in [4.78, 5) is 11.0. The Balaban J connectivity index is 2.11. The van der Waals surface area contributed by atoms with Crippen LogP contribution in [0.1, 0.15) is 24.8 Å². The number of aromatic nitrogens is 2. The first-order valence-electron chi connectivity index (χ1n) is 6.55. The number of rotatable bonds is 2. The minimum atomic E-state index is 0.305. The molecule has 1 aliphatic rings. The fourth-order valence-corrected chi connectivity index (χ4v) is 2.90. The molecule has 1 aliphatic heterocycles. The molecule has 0 unspecified atom stereocenters. The Morgan fingerprint density at radius 2 is 1.89 bits per heavy atom. The number of nitrogens with zero attached hydrogens (tertiary/aromatic N) is 3. The first kappa shape index (κ1) is 12.9. The van der Waals surface area contributed by atoms with E-state index in [4.69, 9.17) is 23.2 Å². The molecule has 0 N–H and O–H groups in total. The molecule has 0 radical (unpaired) electrons. The topological polar surface area (TPSA) is 29.0 Å². The predicted molar refractivity (Wildman–Crippen MR) is 80.2 cm³/mol. The van der Waals surface area contributed by atoms with Gasteiger partial charge >= 0.3 is 0 Å². The molecular formula is C14H15Cl2N3. The van der Waals surface area contributed by atoms with Crippen LogP contribution in [0.4, 0.5) is 5.82 Å². The third-order valence-corrected chi connectivity index (χ3v) is 4.00. The number of alkyl halides is 1. The van der Waals surface area contributed by atoms with Gasteiger partial charge in [-0.2, -0.15) is 4.98 Å². The molecule has 0 saturated carbocycles. The predicted octanol–water partition coefficient (Wildman–Crippen LogP) is 4.01. The molecule has 5 heteroatoms. The second kappa shape index (κ2) is 5.51. The SMILES string of the molecule is ClCc1ccc2c(N3CCCCC3)nc(Cl)nc2c1.